The van der Waals surface area contributed by atoms with E-state index in [1.54, 1.807) is 7.11 Å². The third-order valence-electron chi connectivity index (χ3n) is 4.50. The van der Waals surface area contributed by atoms with Crippen molar-refractivity contribution in [2.75, 3.05) is 33.8 Å². The Morgan fingerprint density at radius 1 is 1.30 bits per heavy atom. The Kier molecular flexibility index (Phi) is 5.86. The van der Waals surface area contributed by atoms with Gasteiger partial charge in [0.05, 0.1) is 7.11 Å². The van der Waals surface area contributed by atoms with E-state index in [0.29, 0.717) is 6.04 Å². The molecule has 2 rings (SSSR count). The van der Waals surface area contributed by atoms with Crippen LogP contribution in [0.4, 0.5) is 0 Å². The molecule has 1 saturated carbocycles. The number of likely N-dealkylation sites (N-methyl/N-ethyl adjacent to an activating group) is 2. The molecule has 1 aliphatic rings. The summed E-state index contributed by atoms with van der Waals surface area (Å²) in [5.41, 5.74) is 1.33. The Bertz CT molecular complexity index is 386. The maximum Gasteiger partial charge on any atom is 0.118 e. The number of rotatable bonds is 8. The van der Waals surface area contributed by atoms with E-state index < -0.39 is 0 Å². The lowest BCUT2D eigenvalue weighted by atomic mass is 9.85. The first-order valence-electron chi connectivity index (χ1n) is 7.80. The van der Waals surface area contributed by atoms with Crippen LogP contribution in [0.25, 0.3) is 0 Å². The highest BCUT2D eigenvalue weighted by Gasteiger charge is 2.21. The second-order valence-electron chi connectivity index (χ2n) is 5.76. The van der Waals surface area contributed by atoms with E-state index in [0.717, 1.165) is 24.8 Å². The van der Waals surface area contributed by atoms with Crippen LogP contribution in [0.2, 0.25) is 0 Å². The van der Waals surface area contributed by atoms with E-state index in [-0.39, 0.29) is 0 Å². The fraction of sp³-hybridized carbons (Fsp3) is 0.647. The summed E-state index contributed by atoms with van der Waals surface area (Å²) >= 11 is 0. The minimum absolute atomic E-state index is 0.390. The molecule has 1 aromatic carbocycles. The Hall–Kier alpha value is -1.06. The van der Waals surface area contributed by atoms with Gasteiger partial charge in [0.1, 0.15) is 5.75 Å². The molecule has 20 heavy (non-hydrogen) atoms. The summed E-state index contributed by atoms with van der Waals surface area (Å²) in [6.07, 6.45) is 4.27. The van der Waals surface area contributed by atoms with Gasteiger partial charge in [-0.1, -0.05) is 25.5 Å². The van der Waals surface area contributed by atoms with Crippen molar-refractivity contribution in [3.8, 4) is 5.75 Å². The minimum atomic E-state index is 0.390. The molecule has 0 heterocycles. The molecule has 0 aliphatic heterocycles. The van der Waals surface area contributed by atoms with Crippen LogP contribution < -0.4 is 10.1 Å². The second kappa shape index (κ2) is 7.65. The number of hydrogen-bond acceptors (Lipinski definition) is 3. The molecule has 0 radical (unpaired) electrons. The first-order valence-corrected chi connectivity index (χ1v) is 7.80. The lowest BCUT2D eigenvalue weighted by molar-refractivity contribution is 0.172. The van der Waals surface area contributed by atoms with Gasteiger partial charge in [-0.2, -0.15) is 0 Å². The Morgan fingerprint density at radius 3 is 2.45 bits per heavy atom. The summed E-state index contributed by atoms with van der Waals surface area (Å²) in [5.74, 6) is 1.86. The molecule has 0 amide bonds. The molecule has 0 aromatic heterocycles. The van der Waals surface area contributed by atoms with E-state index in [1.165, 1.54) is 31.4 Å². The van der Waals surface area contributed by atoms with Crippen LogP contribution >= 0.6 is 0 Å². The van der Waals surface area contributed by atoms with Gasteiger partial charge in [0.2, 0.25) is 0 Å². The first-order chi connectivity index (χ1) is 9.76. The number of methoxy groups -OCH3 is 1. The summed E-state index contributed by atoms with van der Waals surface area (Å²) in [6.45, 7) is 5.73. The van der Waals surface area contributed by atoms with E-state index in [9.17, 15) is 0 Å². The molecule has 1 aromatic rings. The van der Waals surface area contributed by atoms with Crippen molar-refractivity contribution in [1.29, 1.82) is 0 Å². The van der Waals surface area contributed by atoms with E-state index in [4.69, 9.17) is 4.74 Å². The maximum atomic E-state index is 5.23. The molecule has 1 atom stereocenters. The number of hydrogen-bond donors (Lipinski definition) is 1. The standard InChI is InChI=1S/C17H28N2O/c1-4-19(12-14-6-5-7-14)13-17(18-2)15-8-10-16(20-3)11-9-15/h8-11,14,17-18H,4-7,12-13H2,1-3H3. The van der Waals surface area contributed by atoms with Gasteiger partial charge >= 0.3 is 0 Å². The molecule has 1 N–H and O–H groups in total. The van der Waals surface area contributed by atoms with E-state index in [1.807, 2.05) is 19.2 Å². The van der Waals surface area contributed by atoms with Gasteiger partial charge in [-0.25, -0.2) is 0 Å². The van der Waals surface area contributed by atoms with Crippen LogP contribution in [0.1, 0.15) is 37.8 Å². The molecule has 112 valence electrons. The zero-order valence-electron chi connectivity index (χ0n) is 13.1. The summed E-state index contributed by atoms with van der Waals surface area (Å²) in [6, 6.07) is 8.80. The average Bonchev–Trinajstić information content (AvgIpc) is 2.46. The molecule has 3 heteroatoms. The molecule has 0 bridgehead atoms. The fourth-order valence-corrected chi connectivity index (χ4v) is 2.83. The summed E-state index contributed by atoms with van der Waals surface area (Å²) in [4.78, 5) is 2.58. The predicted molar refractivity (Wildman–Crippen MR) is 84.2 cm³/mol. The highest BCUT2D eigenvalue weighted by Crippen LogP contribution is 2.27. The minimum Gasteiger partial charge on any atom is -0.497 e. The molecular formula is C17H28N2O. The van der Waals surface area contributed by atoms with Gasteiger partial charge in [-0.05, 0) is 50.0 Å². The molecule has 1 fully saturated rings. The zero-order valence-corrected chi connectivity index (χ0v) is 13.1. The van der Waals surface area contributed by atoms with Crippen LogP contribution in [-0.2, 0) is 0 Å². The number of nitrogens with zero attached hydrogens (tertiary/aromatic N) is 1. The molecular weight excluding hydrogens is 248 g/mol. The molecule has 1 unspecified atom stereocenters. The lowest BCUT2D eigenvalue weighted by Crippen LogP contribution is -2.38. The van der Waals surface area contributed by atoms with E-state index >= 15 is 0 Å². The molecule has 3 nitrogen and oxygen atoms in total. The Morgan fingerprint density at radius 2 is 2.00 bits per heavy atom. The summed E-state index contributed by atoms with van der Waals surface area (Å²) < 4.78 is 5.23. The van der Waals surface area contributed by atoms with Crippen LogP contribution in [-0.4, -0.2) is 38.7 Å². The van der Waals surface area contributed by atoms with Crippen LogP contribution in [0.3, 0.4) is 0 Å². The Balaban J connectivity index is 1.94. The quantitative estimate of drug-likeness (QED) is 0.789. The second-order valence-corrected chi connectivity index (χ2v) is 5.76. The number of nitrogens with one attached hydrogen (secondary N) is 1. The molecule has 1 aliphatic carbocycles. The van der Waals surface area contributed by atoms with Crippen LogP contribution in [0.15, 0.2) is 24.3 Å². The zero-order chi connectivity index (χ0) is 14.4. The third kappa shape index (κ3) is 3.97. The predicted octanol–water partition coefficient (Wildman–Crippen LogP) is 3.08. The average molecular weight is 276 g/mol. The van der Waals surface area contributed by atoms with Crippen LogP contribution in [0, 0.1) is 5.92 Å². The van der Waals surface area contributed by atoms with E-state index in [2.05, 4.69) is 29.3 Å². The number of ether oxygens (including phenoxy) is 1. The van der Waals surface area contributed by atoms with Gasteiger partial charge in [0.25, 0.3) is 0 Å². The van der Waals surface area contributed by atoms with Crippen molar-refractivity contribution in [2.45, 2.75) is 32.2 Å². The van der Waals surface area contributed by atoms with Crippen molar-refractivity contribution in [3.63, 3.8) is 0 Å². The van der Waals surface area contributed by atoms with Crippen molar-refractivity contribution >= 4 is 0 Å². The first kappa shape index (κ1) is 15.3. The summed E-state index contributed by atoms with van der Waals surface area (Å²) in [7, 11) is 3.76. The van der Waals surface area contributed by atoms with Crippen LogP contribution in [0.5, 0.6) is 5.75 Å². The largest absolute Gasteiger partial charge is 0.497 e. The maximum absolute atomic E-state index is 5.23. The highest BCUT2D eigenvalue weighted by molar-refractivity contribution is 5.29. The lowest BCUT2D eigenvalue weighted by Gasteiger charge is -2.33. The summed E-state index contributed by atoms with van der Waals surface area (Å²) in [5, 5.41) is 3.45. The van der Waals surface area contributed by atoms with Gasteiger partial charge < -0.3 is 15.0 Å². The number of benzene rings is 1. The van der Waals surface area contributed by atoms with Gasteiger partial charge in [-0.3, -0.25) is 0 Å². The van der Waals surface area contributed by atoms with Gasteiger partial charge in [0.15, 0.2) is 0 Å². The van der Waals surface area contributed by atoms with Gasteiger partial charge in [-0.15, -0.1) is 0 Å². The van der Waals surface area contributed by atoms with Crippen molar-refractivity contribution < 1.29 is 4.74 Å². The monoisotopic (exact) mass is 276 g/mol. The highest BCUT2D eigenvalue weighted by atomic mass is 16.5. The molecule has 0 spiro atoms. The third-order valence-corrected chi connectivity index (χ3v) is 4.50. The normalized spacial score (nSPS) is 17.0. The van der Waals surface area contributed by atoms with Crippen molar-refractivity contribution in [3.05, 3.63) is 29.8 Å². The Labute approximate surface area is 123 Å². The topological polar surface area (TPSA) is 24.5 Å². The van der Waals surface area contributed by atoms with Crippen molar-refractivity contribution in [1.82, 2.24) is 10.2 Å². The SMILES string of the molecule is CCN(CC1CCC1)CC(NC)c1ccc(OC)cc1. The fourth-order valence-electron chi connectivity index (χ4n) is 2.83. The molecule has 0 saturated heterocycles. The smallest absolute Gasteiger partial charge is 0.118 e. The van der Waals surface area contributed by atoms with Gasteiger partial charge in [0, 0.05) is 19.1 Å². The van der Waals surface area contributed by atoms with Crippen molar-refractivity contribution in [2.24, 2.45) is 5.92 Å².